The molecular weight excluding hydrogens is 318 g/mol. The molecule has 2 aromatic rings. The molecule has 2 fully saturated rings. The van der Waals surface area contributed by atoms with Gasteiger partial charge < -0.3 is 9.32 Å². The summed E-state index contributed by atoms with van der Waals surface area (Å²) in [6.07, 6.45) is 6.62. The topological polar surface area (TPSA) is 58.7 Å². The summed E-state index contributed by atoms with van der Waals surface area (Å²) in [4.78, 5) is 29.1. The number of para-hydroxylation sites is 2. The summed E-state index contributed by atoms with van der Waals surface area (Å²) in [5, 5.41) is 0. The lowest BCUT2D eigenvalue weighted by atomic mass is 9.94. The van der Waals surface area contributed by atoms with E-state index in [1.165, 1.54) is 36.7 Å². The third-order valence-corrected chi connectivity index (χ3v) is 5.63. The van der Waals surface area contributed by atoms with E-state index in [4.69, 9.17) is 4.42 Å². The Bertz CT molecular complexity index is 796. The van der Waals surface area contributed by atoms with E-state index in [2.05, 4.69) is 4.90 Å². The number of nitrogens with zero attached hydrogens (tertiary/aromatic N) is 3. The summed E-state index contributed by atoms with van der Waals surface area (Å²) >= 11 is 0. The van der Waals surface area contributed by atoms with Crippen LogP contribution in [0.15, 0.2) is 33.5 Å². The number of aromatic nitrogens is 1. The molecule has 134 valence electrons. The number of piperazine rings is 1. The van der Waals surface area contributed by atoms with Crippen LogP contribution in [0.1, 0.15) is 32.1 Å². The highest BCUT2D eigenvalue weighted by Gasteiger charge is 2.27. The molecule has 0 bridgehead atoms. The molecule has 1 amide bonds. The molecule has 2 aliphatic rings. The molecule has 1 saturated carbocycles. The Balaban J connectivity index is 1.39. The maximum atomic E-state index is 12.7. The fourth-order valence-corrected chi connectivity index (χ4v) is 4.18. The Morgan fingerprint density at radius 3 is 2.52 bits per heavy atom. The van der Waals surface area contributed by atoms with Crippen LogP contribution in [0.4, 0.5) is 0 Å². The molecule has 0 radical (unpaired) electrons. The van der Waals surface area contributed by atoms with E-state index >= 15 is 0 Å². The first-order valence-electron chi connectivity index (χ1n) is 9.32. The standard InChI is InChI=1S/C19H25N3O3/c23-18(14-22-16-8-4-5-9-17(16)25-19(22)24)21-12-10-20(11-13-21)15-6-2-1-3-7-15/h4-5,8-9,15H,1-3,6-7,10-14H2. The van der Waals surface area contributed by atoms with Gasteiger partial charge in [0.05, 0.1) is 5.52 Å². The van der Waals surface area contributed by atoms with Crippen molar-refractivity contribution in [1.29, 1.82) is 0 Å². The number of fused-ring (bicyclic) bond motifs is 1. The third kappa shape index (κ3) is 3.35. The summed E-state index contributed by atoms with van der Waals surface area (Å²) in [5.41, 5.74) is 1.21. The van der Waals surface area contributed by atoms with Crippen LogP contribution in [0, 0.1) is 0 Å². The van der Waals surface area contributed by atoms with E-state index in [1.807, 2.05) is 23.1 Å². The van der Waals surface area contributed by atoms with Crippen molar-refractivity contribution in [1.82, 2.24) is 14.4 Å². The van der Waals surface area contributed by atoms with E-state index in [0.29, 0.717) is 17.1 Å². The van der Waals surface area contributed by atoms with Gasteiger partial charge in [-0.25, -0.2) is 4.79 Å². The molecule has 1 saturated heterocycles. The van der Waals surface area contributed by atoms with Crippen LogP contribution in [-0.2, 0) is 11.3 Å². The first-order chi connectivity index (χ1) is 12.2. The van der Waals surface area contributed by atoms with Gasteiger partial charge in [0.2, 0.25) is 5.91 Å². The summed E-state index contributed by atoms with van der Waals surface area (Å²) in [5.74, 6) is -0.465. The Morgan fingerprint density at radius 2 is 1.76 bits per heavy atom. The lowest BCUT2D eigenvalue weighted by Crippen LogP contribution is -2.53. The molecular formula is C19H25N3O3. The molecule has 0 atom stereocenters. The Morgan fingerprint density at radius 1 is 1.04 bits per heavy atom. The maximum Gasteiger partial charge on any atom is 0.420 e. The number of carbonyl (C=O) groups excluding carboxylic acids is 1. The van der Waals surface area contributed by atoms with Gasteiger partial charge in [0.25, 0.3) is 0 Å². The highest BCUT2D eigenvalue weighted by molar-refractivity contribution is 5.79. The predicted octanol–water partition coefficient (Wildman–Crippen LogP) is 2.07. The minimum Gasteiger partial charge on any atom is -0.408 e. The highest BCUT2D eigenvalue weighted by Crippen LogP contribution is 2.23. The fourth-order valence-electron chi connectivity index (χ4n) is 4.18. The lowest BCUT2D eigenvalue weighted by Gasteiger charge is -2.40. The van der Waals surface area contributed by atoms with Gasteiger partial charge in [0, 0.05) is 32.2 Å². The van der Waals surface area contributed by atoms with Crippen molar-refractivity contribution in [3.05, 3.63) is 34.8 Å². The zero-order valence-corrected chi connectivity index (χ0v) is 14.5. The molecule has 4 rings (SSSR count). The second kappa shape index (κ2) is 7.04. The summed E-state index contributed by atoms with van der Waals surface area (Å²) in [7, 11) is 0. The number of hydrogen-bond donors (Lipinski definition) is 0. The number of benzene rings is 1. The minimum absolute atomic E-state index is 0.00283. The first kappa shape index (κ1) is 16.4. The van der Waals surface area contributed by atoms with E-state index in [0.717, 1.165) is 26.2 Å². The van der Waals surface area contributed by atoms with Gasteiger partial charge in [-0.2, -0.15) is 0 Å². The maximum absolute atomic E-state index is 12.7. The molecule has 6 nitrogen and oxygen atoms in total. The fraction of sp³-hybridized carbons (Fsp3) is 0.579. The molecule has 6 heteroatoms. The average Bonchev–Trinajstić information content (AvgIpc) is 2.98. The van der Waals surface area contributed by atoms with Gasteiger partial charge in [0.15, 0.2) is 5.58 Å². The van der Waals surface area contributed by atoms with E-state index in [9.17, 15) is 9.59 Å². The van der Waals surface area contributed by atoms with Gasteiger partial charge >= 0.3 is 5.76 Å². The normalized spacial score (nSPS) is 20.2. The van der Waals surface area contributed by atoms with Crippen LogP contribution in [0.25, 0.3) is 11.1 Å². The minimum atomic E-state index is -0.463. The Labute approximate surface area is 147 Å². The zero-order chi connectivity index (χ0) is 17.2. The Hall–Kier alpha value is -2.08. The van der Waals surface area contributed by atoms with Crippen molar-refractivity contribution in [2.24, 2.45) is 0 Å². The van der Waals surface area contributed by atoms with Crippen molar-refractivity contribution in [2.75, 3.05) is 26.2 Å². The van der Waals surface area contributed by atoms with Crippen molar-refractivity contribution < 1.29 is 9.21 Å². The van der Waals surface area contributed by atoms with E-state index < -0.39 is 5.76 Å². The molecule has 0 spiro atoms. The van der Waals surface area contributed by atoms with Gasteiger partial charge in [-0.05, 0) is 25.0 Å². The van der Waals surface area contributed by atoms with Crippen molar-refractivity contribution in [2.45, 2.75) is 44.7 Å². The van der Waals surface area contributed by atoms with Crippen molar-refractivity contribution in [3.8, 4) is 0 Å². The van der Waals surface area contributed by atoms with Crippen LogP contribution >= 0.6 is 0 Å². The van der Waals surface area contributed by atoms with Crippen LogP contribution in [0.2, 0.25) is 0 Å². The Kier molecular flexibility index (Phi) is 4.61. The van der Waals surface area contributed by atoms with Crippen LogP contribution in [-0.4, -0.2) is 52.5 Å². The van der Waals surface area contributed by atoms with Crippen LogP contribution < -0.4 is 5.76 Å². The SMILES string of the molecule is O=C(Cn1c(=O)oc2ccccc21)N1CCN(C2CCCCC2)CC1. The molecule has 25 heavy (non-hydrogen) atoms. The number of hydrogen-bond acceptors (Lipinski definition) is 4. The summed E-state index contributed by atoms with van der Waals surface area (Å²) in [6, 6.07) is 7.93. The lowest BCUT2D eigenvalue weighted by molar-refractivity contribution is -0.134. The zero-order valence-electron chi connectivity index (χ0n) is 14.5. The number of oxazole rings is 1. The number of carbonyl (C=O) groups is 1. The van der Waals surface area contributed by atoms with Gasteiger partial charge in [-0.1, -0.05) is 31.4 Å². The summed E-state index contributed by atoms with van der Waals surface area (Å²) < 4.78 is 6.65. The third-order valence-electron chi connectivity index (χ3n) is 5.63. The van der Waals surface area contributed by atoms with Gasteiger partial charge in [-0.3, -0.25) is 14.3 Å². The van der Waals surface area contributed by atoms with Crippen LogP contribution in [0.3, 0.4) is 0 Å². The second-order valence-electron chi connectivity index (χ2n) is 7.13. The second-order valence-corrected chi connectivity index (χ2v) is 7.13. The molecule has 2 heterocycles. The monoisotopic (exact) mass is 343 g/mol. The van der Waals surface area contributed by atoms with Crippen molar-refractivity contribution >= 4 is 17.0 Å². The molecule has 1 aliphatic carbocycles. The number of amides is 1. The molecule has 1 aromatic heterocycles. The number of rotatable bonds is 3. The van der Waals surface area contributed by atoms with Gasteiger partial charge in [0.1, 0.15) is 6.54 Å². The predicted molar refractivity (Wildman–Crippen MR) is 95.5 cm³/mol. The van der Waals surface area contributed by atoms with Gasteiger partial charge in [-0.15, -0.1) is 0 Å². The quantitative estimate of drug-likeness (QED) is 0.856. The van der Waals surface area contributed by atoms with E-state index in [-0.39, 0.29) is 12.5 Å². The molecule has 1 aromatic carbocycles. The van der Waals surface area contributed by atoms with Crippen molar-refractivity contribution in [3.63, 3.8) is 0 Å². The smallest absolute Gasteiger partial charge is 0.408 e. The largest absolute Gasteiger partial charge is 0.420 e. The van der Waals surface area contributed by atoms with Crippen LogP contribution in [0.5, 0.6) is 0 Å². The first-order valence-corrected chi connectivity index (χ1v) is 9.32. The highest BCUT2D eigenvalue weighted by atomic mass is 16.4. The molecule has 0 N–H and O–H groups in total. The van der Waals surface area contributed by atoms with E-state index in [1.54, 1.807) is 6.07 Å². The molecule has 1 aliphatic heterocycles. The molecule has 0 unspecified atom stereocenters. The average molecular weight is 343 g/mol. The summed E-state index contributed by atoms with van der Waals surface area (Å²) in [6.45, 7) is 3.44.